The number of hydrogen-bond donors (Lipinski definition) is 1. The highest BCUT2D eigenvalue weighted by atomic mass is 16.5. The molecule has 1 amide bonds. The minimum Gasteiger partial charge on any atom is -0.497 e. The average Bonchev–Trinajstić information content (AvgIpc) is 2.69. The number of amides is 1. The van der Waals surface area contributed by atoms with Gasteiger partial charge in [-0.1, -0.05) is 30.3 Å². The molecule has 0 saturated heterocycles. The topological polar surface area (TPSA) is 63.6 Å². The molecule has 0 fully saturated rings. The molecule has 0 saturated carbocycles. The van der Waals surface area contributed by atoms with Gasteiger partial charge in [0.25, 0.3) is 5.91 Å². The van der Waals surface area contributed by atoms with Crippen molar-refractivity contribution >= 4 is 12.1 Å². The molecule has 124 valence electrons. The van der Waals surface area contributed by atoms with E-state index in [0.29, 0.717) is 11.3 Å². The molecule has 3 aromatic rings. The van der Waals surface area contributed by atoms with Crippen molar-refractivity contribution in [3.63, 3.8) is 0 Å². The normalized spacial score (nSPS) is 10.6. The molecule has 25 heavy (non-hydrogen) atoms. The van der Waals surface area contributed by atoms with Crippen LogP contribution in [0.1, 0.15) is 16.1 Å². The fourth-order valence-corrected chi connectivity index (χ4v) is 2.30. The third kappa shape index (κ3) is 4.29. The molecule has 0 aliphatic rings. The maximum Gasteiger partial charge on any atom is 0.271 e. The van der Waals surface area contributed by atoms with Crippen molar-refractivity contribution in [3.05, 3.63) is 84.2 Å². The van der Waals surface area contributed by atoms with Gasteiger partial charge in [0.05, 0.1) is 19.0 Å². The van der Waals surface area contributed by atoms with Gasteiger partial charge in [-0.15, -0.1) is 0 Å². The van der Waals surface area contributed by atoms with E-state index < -0.39 is 0 Å². The van der Waals surface area contributed by atoms with Crippen molar-refractivity contribution < 1.29 is 9.53 Å². The van der Waals surface area contributed by atoms with Crippen LogP contribution < -0.4 is 10.2 Å². The molecule has 0 bridgehead atoms. The summed E-state index contributed by atoms with van der Waals surface area (Å²) < 4.78 is 5.16. The Balaban J connectivity index is 1.72. The Morgan fingerprint density at radius 1 is 1.04 bits per heavy atom. The summed E-state index contributed by atoms with van der Waals surface area (Å²) >= 11 is 0. The summed E-state index contributed by atoms with van der Waals surface area (Å²) in [5, 5.41) is 3.94. The highest BCUT2D eigenvalue weighted by molar-refractivity contribution is 5.96. The molecular weight excluding hydrogens is 314 g/mol. The number of aromatic nitrogens is 1. The van der Waals surface area contributed by atoms with E-state index in [1.165, 1.54) is 6.21 Å². The first-order chi connectivity index (χ1) is 12.3. The number of nitrogens with zero attached hydrogens (tertiary/aromatic N) is 2. The zero-order chi connectivity index (χ0) is 17.5. The van der Waals surface area contributed by atoms with Crippen LogP contribution in [0.25, 0.3) is 11.1 Å². The first kappa shape index (κ1) is 16.4. The SMILES string of the molecule is COc1ccc(-c2cccc(C(=O)N/N=C/c3ccccn3)c2)cc1. The number of ether oxygens (including phenoxy) is 1. The molecule has 0 unspecified atom stereocenters. The van der Waals surface area contributed by atoms with Crippen LogP contribution in [0.2, 0.25) is 0 Å². The van der Waals surface area contributed by atoms with Gasteiger partial charge in [0.1, 0.15) is 5.75 Å². The Morgan fingerprint density at radius 3 is 2.60 bits per heavy atom. The van der Waals surface area contributed by atoms with Gasteiger partial charge < -0.3 is 4.74 Å². The van der Waals surface area contributed by atoms with E-state index in [4.69, 9.17) is 4.74 Å². The van der Waals surface area contributed by atoms with Gasteiger partial charge in [-0.25, -0.2) is 5.43 Å². The molecule has 0 aliphatic carbocycles. The van der Waals surface area contributed by atoms with Crippen LogP contribution in [0.5, 0.6) is 5.75 Å². The summed E-state index contributed by atoms with van der Waals surface area (Å²) in [6.45, 7) is 0. The number of rotatable bonds is 5. The summed E-state index contributed by atoms with van der Waals surface area (Å²) in [5.74, 6) is 0.518. The number of carbonyl (C=O) groups excluding carboxylic acids is 1. The number of hydrazone groups is 1. The zero-order valence-corrected chi connectivity index (χ0v) is 13.7. The van der Waals surface area contributed by atoms with Crippen molar-refractivity contribution in [3.8, 4) is 16.9 Å². The number of hydrogen-bond acceptors (Lipinski definition) is 4. The third-order valence-corrected chi connectivity index (χ3v) is 3.60. The van der Waals surface area contributed by atoms with Crippen molar-refractivity contribution in [2.24, 2.45) is 5.10 Å². The second-order valence-electron chi connectivity index (χ2n) is 5.26. The van der Waals surface area contributed by atoms with Gasteiger partial charge >= 0.3 is 0 Å². The highest BCUT2D eigenvalue weighted by Gasteiger charge is 2.06. The van der Waals surface area contributed by atoms with E-state index >= 15 is 0 Å². The van der Waals surface area contributed by atoms with E-state index in [0.717, 1.165) is 16.9 Å². The van der Waals surface area contributed by atoms with Crippen molar-refractivity contribution in [2.75, 3.05) is 7.11 Å². The van der Waals surface area contributed by atoms with Crippen LogP contribution in [-0.2, 0) is 0 Å². The molecule has 1 heterocycles. The number of carbonyl (C=O) groups is 1. The lowest BCUT2D eigenvalue weighted by Gasteiger charge is -2.06. The third-order valence-electron chi connectivity index (χ3n) is 3.60. The summed E-state index contributed by atoms with van der Waals surface area (Å²) in [6, 6.07) is 20.5. The van der Waals surface area contributed by atoms with Crippen LogP contribution in [0.4, 0.5) is 0 Å². The fraction of sp³-hybridized carbons (Fsp3) is 0.0500. The quantitative estimate of drug-likeness (QED) is 0.575. The van der Waals surface area contributed by atoms with Crippen molar-refractivity contribution in [1.29, 1.82) is 0 Å². The van der Waals surface area contributed by atoms with Crippen molar-refractivity contribution in [2.45, 2.75) is 0 Å². The van der Waals surface area contributed by atoms with Gasteiger partial charge in [0, 0.05) is 11.8 Å². The summed E-state index contributed by atoms with van der Waals surface area (Å²) in [5.41, 5.74) is 5.68. The van der Waals surface area contributed by atoms with Crippen LogP contribution in [0.15, 0.2) is 78.0 Å². The number of pyridine rings is 1. The molecule has 5 nitrogen and oxygen atoms in total. The molecule has 3 rings (SSSR count). The molecule has 1 aromatic heterocycles. The van der Waals surface area contributed by atoms with Gasteiger partial charge in [0.15, 0.2) is 0 Å². The predicted molar refractivity (Wildman–Crippen MR) is 97.7 cm³/mol. The molecule has 0 aliphatic heterocycles. The highest BCUT2D eigenvalue weighted by Crippen LogP contribution is 2.23. The summed E-state index contributed by atoms with van der Waals surface area (Å²) in [7, 11) is 1.63. The largest absolute Gasteiger partial charge is 0.497 e. The van der Waals surface area contributed by atoms with Crippen LogP contribution >= 0.6 is 0 Å². The Morgan fingerprint density at radius 2 is 1.88 bits per heavy atom. The second kappa shape index (κ2) is 7.88. The van der Waals surface area contributed by atoms with E-state index in [-0.39, 0.29) is 5.91 Å². The van der Waals surface area contributed by atoms with Gasteiger partial charge in [-0.05, 0) is 47.5 Å². The van der Waals surface area contributed by atoms with Crippen LogP contribution in [0.3, 0.4) is 0 Å². The number of benzene rings is 2. The van der Waals surface area contributed by atoms with Crippen LogP contribution in [0, 0.1) is 0 Å². The molecule has 0 spiro atoms. The van der Waals surface area contributed by atoms with Crippen LogP contribution in [-0.4, -0.2) is 24.2 Å². The van der Waals surface area contributed by atoms with Crippen molar-refractivity contribution in [1.82, 2.24) is 10.4 Å². The molecule has 0 radical (unpaired) electrons. The maximum atomic E-state index is 12.3. The molecule has 0 atom stereocenters. The van der Waals surface area contributed by atoms with Gasteiger partial charge in [-0.2, -0.15) is 5.10 Å². The predicted octanol–water partition coefficient (Wildman–Crippen LogP) is 3.52. The Hall–Kier alpha value is -3.47. The molecule has 1 N–H and O–H groups in total. The fourth-order valence-electron chi connectivity index (χ4n) is 2.30. The molecule has 2 aromatic carbocycles. The van der Waals surface area contributed by atoms with E-state index in [2.05, 4.69) is 15.5 Å². The standard InChI is InChI=1S/C20H17N3O2/c1-25-19-10-8-15(9-11-19)16-5-4-6-17(13-16)20(24)23-22-14-18-7-2-3-12-21-18/h2-14H,1H3,(H,23,24)/b22-14+. The first-order valence-electron chi connectivity index (χ1n) is 7.75. The number of nitrogens with one attached hydrogen (secondary N) is 1. The Kier molecular flexibility index (Phi) is 5.16. The van der Waals surface area contributed by atoms with E-state index in [1.54, 1.807) is 25.4 Å². The molecular formula is C20H17N3O2. The minimum absolute atomic E-state index is 0.275. The summed E-state index contributed by atoms with van der Waals surface area (Å²) in [4.78, 5) is 16.4. The first-order valence-corrected chi connectivity index (χ1v) is 7.75. The average molecular weight is 331 g/mol. The van der Waals surface area contributed by atoms with Gasteiger partial charge in [-0.3, -0.25) is 9.78 Å². The minimum atomic E-state index is -0.275. The number of methoxy groups -OCH3 is 1. The smallest absolute Gasteiger partial charge is 0.271 e. The Bertz CT molecular complexity index is 875. The zero-order valence-electron chi connectivity index (χ0n) is 13.7. The maximum absolute atomic E-state index is 12.3. The lowest BCUT2D eigenvalue weighted by Crippen LogP contribution is -2.17. The van der Waals surface area contributed by atoms with E-state index in [1.807, 2.05) is 54.6 Å². The summed E-state index contributed by atoms with van der Waals surface area (Å²) in [6.07, 6.45) is 3.17. The molecule has 5 heteroatoms. The van der Waals surface area contributed by atoms with Gasteiger partial charge in [0.2, 0.25) is 0 Å². The Labute approximate surface area is 146 Å². The second-order valence-corrected chi connectivity index (χ2v) is 5.26. The van der Waals surface area contributed by atoms with E-state index in [9.17, 15) is 4.79 Å². The lowest BCUT2D eigenvalue weighted by atomic mass is 10.0. The lowest BCUT2D eigenvalue weighted by molar-refractivity contribution is 0.0955. The monoisotopic (exact) mass is 331 g/mol.